The summed E-state index contributed by atoms with van der Waals surface area (Å²) in [7, 11) is 0. The summed E-state index contributed by atoms with van der Waals surface area (Å²) < 4.78 is 5.58. The number of aryl methyl sites for hydroxylation is 2. The molecule has 0 N–H and O–H groups in total. The van der Waals surface area contributed by atoms with Gasteiger partial charge in [-0.3, -0.25) is 4.79 Å². The summed E-state index contributed by atoms with van der Waals surface area (Å²) in [5, 5.41) is 1.93. The highest BCUT2D eigenvalue weighted by atomic mass is 32.1. The van der Waals surface area contributed by atoms with Crippen LogP contribution in [0, 0.1) is 6.92 Å². The Kier molecular flexibility index (Phi) is 3.88. The van der Waals surface area contributed by atoms with Crippen LogP contribution in [0.3, 0.4) is 0 Å². The van der Waals surface area contributed by atoms with E-state index in [-0.39, 0.29) is 5.78 Å². The van der Waals surface area contributed by atoms with E-state index in [1.54, 1.807) is 17.6 Å². The number of furan rings is 1. The Labute approximate surface area is 127 Å². The highest BCUT2D eigenvalue weighted by molar-refractivity contribution is 7.11. The van der Waals surface area contributed by atoms with E-state index in [2.05, 4.69) is 18.0 Å². The average molecular weight is 299 g/mol. The molecule has 0 unspecified atom stereocenters. The number of rotatable bonds is 5. The van der Waals surface area contributed by atoms with Crippen LogP contribution in [0.1, 0.15) is 27.9 Å². The maximum Gasteiger partial charge on any atom is 0.144 e. The van der Waals surface area contributed by atoms with Gasteiger partial charge >= 0.3 is 0 Å². The zero-order valence-corrected chi connectivity index (χ0v) is 13.0. The minimum Gasteiger partial charge on any atom is -0.464 e. The Hall–Kier alpha value is -1.94. The molecule has 0 aliphatic heterocycles. The molecule has 108 valence electrons. The molecule has 0 saturated carbocycles. The first-order valence-electron chi connectivity index (χ1n) is 7.07. The molecular weight excluding hydrogens is 282 g/mol. The lowest BCUT2D eigenvalue weighted by Gasteiger charge is -1.99. The van der Waals surface area contributed by atoms with Crippen molar-refractivity contribution in [3.05, 3.63) is 51.7 Å². The number of carbonyl (C=O) groups excluding carboxylic acids is 1. The van der Waals surface area contributed by atoms with E-state index in [9.17, 15) is 4.79 Å². The predicted molar refractivity (Wildman–Crippen MR) is 84.9 cm³/mol. The topological polar surface area (TPSA) is 43.1 Å². The van der Waals surface area contributed by atoms with Gasteiger partial charge < -0.3 is 4.42 Å². The molecule has 3 rings (SSSR count). The second-order valence-corrected chi connectivity index (χ2v) is 6.52. The van der Waals surface area contributed by atoms with Crippen molar-refractivity contribution >= 4 is 28.1 Å². The number of nitrogens with zero attached hydrogens (tertiary/aromatic N) is 1. The van der Waals surface area contributed by atoms with Crippen LogP contribution >= 0.6 is 11.3 Å². The van der Waals surface area contributed by atoms with Gasteiger partial charge in [0.25, 0.3) is 0 Å². The van der Waals surface area contributed by atoms with Gasteiger partial charge in [0.1, 0.15) is 16.4 Å². The van der Waals surface area contributed by atoms with Gasteiger partial charge in [0, 0.05) is 28.4 Å². The van der Waals surface area contributed by atoms with E-state index < -0.39 is 0 Å². The zero-order chi connectivity index (χ0) is 14.8. The number of hydrogen-bond donors (Lipinski definition) is 0. The number of Topliss-reactive ketones (excluding diaryl/α,β-unsaturated/α-hetero) is 1. The molecule has 2 aromatic heterocycles. The monoisotopic (exact) mass is 299 g/mol. The first kappa shape index (κ1) is 14.0. The molecule has 0 bridgehead atoms. The summed E-state index contributed by atoms with van der Waals surface area (Å²) in [6.07, 6.45) is 5.30. The zero-order valence-electron chi connectivity index (χ0n) is 12.2. The summed E-state index contributed by atoms with van der Waals surface area (Å²) in [4.78, 5) is 17.6. The molecule has 0 aliphatic rings. The smallest absolute Gasteiger partial charge is 0.144 e. The minimum atomic E-state index is 0.173. The lowest BCUT2D eigenvalue weighted by Crippen LogP contribution is -2.05. The second kappa shape index (κ2) is 5.82. The molecule has 4 heteroatoms. The molecule has 0 amide bonds. The first-order valence-corrected chi connectivity index (χ1v) is 7.89. The van der Waals surface area contributed by atoms with Crippen LogP contribution in [0.15, 0.2) is 35.1 Å². The van der Waals surface area contributed by atoms with Crippen molar-refractivity contribution in [3.8, 4) is 0 Å². The Morgan fingerprint density at radius 2 is 2.19 bits per heavy atom. The molecule has 2 heterocycles. The normalized spacial score (nSPS) is 11.1. The van der Waals surface area contributed by atoms with Gasteiger partial charge in [-0.1, -0.05) is 19.1 Å². The van der Waals surface area contributed by atoms with Crippen molar-refractivity contribution < 1.29 is 9.21 Å². The number of fused-ring (bicyclic) bond motifs is 1. The summed E-state index contributed by atoms with van der Waals surface area (Å²) in [6.45, 7) is 4.12. The molecule has 0 aliphatic carbocycles. The molecule has 1 aromatic carbocycles. The highest BCUT2D eigenvalue weighted by Crippen LogP contribution is 2.24. The standard InChI is InChI=1S/C17H17NO2S/c1-3-12-4-5-15-13(10-20-16(15)6-12)7-14(19)8-17-18-9-11(2)21-17/h4-6,9-10H,3,7-8H2,1-2H3. The Bertz CT molecular complexity index is 785. The van der Waals surface area contributed by atoms with Crippen LogP contribution < -0.4 is 0 Å². The van der Waals surface area contributed by atoms with E-state index in [4.69, 9.17) is 4.42 Å². The predicted octanol–water partition coefficient (Wildman–Crippen LogP) is 4.11. The number of thiazole rings is 1. The molecule has 0 fully saturated rings. The highest BCUT2D eigenvalue weighted by Gasteiger charge is 2.12. The molecule has 0 saturated heterocycles. The van der Waals surface area contributed by atoms with Gasteiger partial charge in [0.05, 0.1) is 12.7 Å². The van der Waals surface area contributed by atoms with Gasteiger partial charge in [0.2, 0.25) is 0 Å². The molecule has 21 heavy (non-hydrogen) atoms. The largest absolute Gasteiger partial charge is 0.464 e. The lowest BCUT2D eigenvalue weighted by atomic mass is 10.0. The molecule has 0 spiro atoms. The van der Waals surface area contributed by atoms with Gasteiger partial charge in [-0.2, -0.15) is 0 Å². The van der Waals surface area contributed by atoms with Crippen LogP contribution in [0.25, 0.3) is 11.0 Å². The van der Waals surface area contributed by atoms with Gasteiger partial charge in [-0.25, -0.2) is 4.98 Å². The molecular formula is C17H17NO2S. The van der Waals surface area contributed by atoms with Crippen molar-refractivity contribution in [2.24, 2.45) is 0 Å². The van der Waals surface area contributed by atoms with E-state index in [1.165, 1.54) is 5.56 Å². The van der Waals surface area contributed by atoms with Crippen LogP contribution in [0.2, 0.25) is 0 Å². The van der Waals surface area contributed by atoms with Crippen LogP contribution in [0.5, 0.6) is 0 Å². The number of aromatic nitrogens is 1. The van der Waals surface area contributed by atoms with Gasteiger partial charge in [0.15, 0.2) is 0 Å². The van der Waals surface area contributed by atoms with Crippen molar-refractivity contribution in [3.63, 3.8) is 0 Å². The lowest BCUT2D eigenvalue weighted by molar-refractivity contribution is -0.117. The molecule has 3 aromatic rings. The first-order chi connectivity index (χ1) is 10.2. The summed E-state index contributed by atoms with van der Waals surface area (Å²) in [5.74, 6) is 0.173. The van der Waals surface area contributed by atoms with Gasteiger partial charge in [-0.05, 0) is 25.0 Å². The third kappa shape index (κ3) is 3.05. The number of ketones is 1. The summed E-state index contributed by atoms with van der Waals surface area (Å²) >= 11 is 1.58. The SMILES string of the molecule is CCc1ccc2c(CC(=O)Cc3ncc(C)s3)coc2c1. The third-order valence-corrected chi connectivity index (χ3v) is 4.45. The summed E-state index contributed by atoms with van der Waals surface area (Å²) in [6, 6.07) is 6.19. The average Bonchev–Trinajstić information content (AvgIpc) is 3.05. The number of carbonyl (C=O) groups is 1. The van der Waals surface area contributed by atoms with Crippen molar-refractivity contribution in [2.75, 3.05) is 0 Å². The fourth-order valence-corrected chi connectivity index (χ4v) is 3.23. The quantitative estimate of drug-likeness (QED) is 0.712. The maximum absolute atomic E-state index is 12.2. The second-order valence-electron chi connectivity index (χ2n) is 5.20. The fourth-order valence-electron chi connectivity index (χ4n) is 2.41. The molecule has 0 atom stereocenters. The van der Waals surface area contributed by atoms with E-state index >= 15 is 0 Å². The number of benzene rings is 1. The Balaban J connectivity index is 1.76. The number of hydrogen-bond acceptors (Lipinski definition) is 4. The molecule has 3 nitrogen and oxygen atoms in total. The summed E-state index contributed by atoms with van der Waals surface area (Å²) in [5.41, 5.74) is 3.07. The van der Waals surface area contributed by atoms with Crippen molar-refractivity contribution in [1.29, 1.82) is 0 Å². The fraction of sp³-hybridized carbons (Fsp3) is 0.294. The Morgan fingerprint density at radius 1 is 1.33 bits per heavy atom. The maximum atomic E-state index is 12.2. The van der Waals surface area contributed by atoms with Crippen molar-refractivity contribution in [1.82, 2.24) is 4.98 Å². The Morgan fingerprint density at radius 3 is 2.90 bits per heavy atom. The van der Waals surface area contributed by atoms with Gasteiger partial charge in [-0.15, -0.1) is 11.3 Å². The van der Waals surface area contributed by atoms with Crippen LogP contribution in [0.4, 0.5) is 0 Å². The van der Waals surface area contributed by atoms with Crippen LogP contribution in [-0.4, -0.2) is 10.8 Å². The van der Waals surface area contributed by atoms with Crippen molar-refractivity contribution in [2.45, 2.75) is 33.1 Å². The van der Waals surface area contributed by atoms with Crippen LogP contribution in [-0.2, 0) is 24.1 Å². The molecule has 0 radical (unpaired) electrons. The van der Waals surface area contributed by atoms with E-state index in [0.29, 0.717) is 12.8 Å². The van der Waals surface area contributed by atoms with E-state index in [1.807, 2.05) is 25.3 Å². The minimum absolute atomic E-state index is 0.173. The van der Waals surface area contributed by atoms with E-state index in [0.717, 1.165) is 32.8 Å². The third-order valence-electron chi connectivity index (χ3n) is 3.53.